The van der Waals surface area contributed by atoms with Gasteiger partial charge in [0.15, 0.2) is 0 Å². The molecule has 5 aromatic carbocycles. The smallest absolute Gasteiger partial charge is 0.252 e. The van der Waals surface area contributed by atoms with Crippen LogP contribution in [0.3, 0.4) is 0 Å². The number of benzene rings is 5. The lowest BCUT2D eigenvalue weighted by Gasteiger charge is -2.32. The SMILES string of the molecule is CCN(CCCNC(=O)c1cnc(OC2CCN(Cc3ccc4c(c3)c3ccccc3n4CCc3ccc4c(c3)c3cc(CN5CCC(Oc6ncc(C(=O)NCCN(C)C)cc6Cl)CC5)ccc3n4CC)CC2)c(Cl)c1)Cc1ccccc1. The van der Waals surface area contributed by atoms with Crippen molar-refractivity contribution in [2.45, 2.75) is 97.3 Å². The van der Waals surface area contributed by atoms with Gasteiger partial charge in [0.25, 0.3) is 11.8 Å². The number of piperidine rings is 2. The van der Waals surface area contributed by atoms with Gasteiger partial charge in [0, 0.05) is 141 Å². The first-order valence-corrected chi connectivity index (χ1v) is 30.8. The molecule has 2 fully saturated rings. The number of hydrogen-bond acceptors (Lipinski definition) is 10. The number of fused-ring (bicyclic) bond motifs is 6. The van der Waals surface area contributed by atoms with Gasteiger partial charge in [0.1, 0.15) is 22.3 Å². The van der Waals surface area contributed by atoms with Gasteiger partial charge in [-0.2, -0.15) is 0 Å². The Labute approximate surface area is 503 Å². The Balaban J connectivity index is 0.674. The minimum Gasteiger partial charge on any atom is -0.473 e. The van der Waals surface area contributed by atoms with Gasteiger partial charge in [-0.25, -0.2) is 9.97 Å². The van der Waals surface area contributed by atoms with E-state index >= 15 is 0 Å². The molecule has 9 aromatic rings. The highest BCUT2D eigenvalue weighted by Crippen LogP contribution is 2.35. The number of nitrogens with zero attached hydrogens (tertiary/aromatic N) is 8. The number of ether oxygens (including phenoxy) is 2. The predicted molar refractivity (Wildman–Crippen MR) is 340 cm³/mol. The van der Waals surface area contributed by atoms with Crippen LogP contribution in [-0.2, 0) is 39.1 Å². The molecule has 0 atom stereocenters. The van der Waals surface area contributed by atoms with Crippen molar-refractivity contribution >= 4 is 78.6 Å². The van der Waals surface area contributed by atoms with E-state index in [-0.39, 0.29) is 24.0 Å². The molecule has 0 bridgehead atoms. The number of pyridine rings is 2. The van der Waals surface area contributed by atoms with Crippen molar-refractivity contribution in [3.8, 4) is 11.8 Å². The predicted octanol–water partition coefficient (Wildman–Crippen LogP) is 12.3. The molecule has 438 valence electrons. The highest BCUT2D eigenvalue weighted by molar-refractivity contribution is 6.32. The van der Waals surface area contributed by atoms with Crippen LogP contribution in [0.1, 0.15) is 88.9 Å². The van der Waals surface area contributed by atoms with E-state index in [1.54, 1.807) is 24.5 Å². The van der Waals surface area contributed by atoms with Crippen molar-refractivity contribution < 1.29 is 19.1 Å². The molecule has 0 aliphatic carbocycles. The van der Waals surface area contributed by atoms with Crippen LogP contribution in [0.15, 0.2) is 134 Å². The number of amides is 2. The van der Waals surface area contributed by atoms with E-state index < -0.39 is 0 Å². The van der Waals surface area contributed by atoms with Crippen molar-refractivity contribution in [3.05, 3.63) is 177 Å². The van der Waals surface area contributed by atoms with Gasteiger partial charge in [0.2, 0.25) is 11.8 Å². The van der Waals surface area contributed by atoms with Gasteiger partial charge < -0.3 is 34.1 Å². The van der Waals surface area contributed by atoms with E-state index in [0.29, 0.717) is 46.0 Å². The summed E-state index contributed by atoms with van der Waals surface area (Å²) in [5.41, 5.74) is 11.1. The van der Waals surface area contributed by atoms with E-state index in [2.05, 4.69) is 161 Å². The third kappa shape index (κ3) is 14.0. The lowest BCUT2D eigenvalue weighted by atomic mass is 10.0. The summed E-state index contributed by atoms with van der Waals surface area (Å²) in [6.07, 6.45) is 8.30. The van der Waals surface area contributed by atoms with E-state index in [1.807, 2.05) is 25.1 Å². The highest BCUT2D eigenvalue weighted by Gasteiger charge is 2.26. The van der Waals surface area contributed by atoms with Crippen LogP contribution in [0.25, 0.3) is 43.6 Å². The molecular weight excluding hydrogens is 1090 g/mol. The Kier molecular flexibility index (Phi) is 19.1. The first-order valence-electron chi connectivity index (χ1n) is 30.1. The molecule has 2 aliphatic rings. The van der Waals surface area contributed by atoms with E-state index in [4.69, 9.17) is 32.7 Å². The number of likely N-dealkylation sites (N-methyl/N-ethyl adjacent to an activating group) is 1. The van der Waals surface area contributed by atoms with Gasteiger partial charge in [-0.15, -0.1) is 0 Å². The van der Waals surface area contributed by atoms with E-state index in [1.165, 1.54) is 65.9 Å². The zero-order valence-electron chi connectivity index (χ0n) is 49.0. The lowest BCUT2D eigenvalue weighted by Crippen LogP contribution is -2.38. The van der Waals surface area contributed by atoms with E-state index in [0.717, 1.165) is 117 Å². The zero-order chi connectivity index (χ0) is 58.1. The first kappa shape index (κ1) is 58.7. The van der Waals surface area contributed by atoms with Crippen molar-refractivity contribution in [2.24, 2.45) is 0 Å². The van der Waals surface area contributed by atoms with Gasteiger partial charge in [0.05, 0.1) is 11.1 Å². The molecule has 2 aliphatic heterocycles. The molecule has 2 saturated heterocycles. The third-order valence-corrected chi connectivity index (χ3v) is 17.4. The molecule has 2 amide bonds. The van der Waals surface area contributed by atoms with Crippen LogP contribution in [0.2, 0.25) is 10.0 Å². The van der Waals surface area contributed by atoms with Crippen molar-refractivity contribution in [3.63, 3.8) is 0 Å². The van der Waals surface area contributed by atoms with Gasteiger partial charge in [-0.1, -0.05) is 96.9 Å². The average molecular weight is 1170 g/mol. The first-order chi connectivity index (χ1) is 41.0. The topological polar surface area (TPSA) is 125 Å². The largest absolute Gasteiger partial charge is 0.473 e. The van der Waals surface area contributed by atoms with Crippen molar-refractivity contribution in [1.29, 1.82) is 0 Å². The second-order valence-electron chi connectivity index (χ2n) is 22.9. The summed E-state index contributed by atoms with van der Waals surface area (Å²) in [7, 11) is 3.94. The quantitative estimate of drug-likeness (QED) is 0.0565. The number of carbonyl (C=O) groups excluding carboxylic acids is 2. The molecule has 2 N–H and O–H groups in total. The lowest BCUT2D eigenvalue weighted by molar-refractivity contribution is 0.0922. The third-order valence-electron chi connectivity index (χ3n) is 16.8. The second kappa shape index (κ2) is 27.3. The fourth-order valence-corrected chi connectivity index (χ4v) is 12.7. The Morgan fingerprint density at radius 3 is 1.62 bits per heavy atom. The summed E-state index contributed by atoms with van der Waals surface area (Å²) in [5.74, 6) is 0.379. The van der Waals surface area contributed by atoms with E-state index in [9.17, 15) is 9.59 Å². The minimum atomic E-state index is -0.196. The molecule has 0 saturated carbocycles. The molecule has 0 radical (unpaired) electrons. The number of rotatable bonds is 24. The van der Waals surface area contributed by atoms with Gasteiger partial charge >= 0.3 is 0 Å². The molecule has 11 rings (SSSR count). The minimum absolute atomic E-state index is 0.00130. The molecule has 6 heterocycles. The van der Waals surface area contributed by atoms with Crippen molar-refractivity contribution in [2.75, 3.05) is 73.0 Å². The summed E-state index contributed by atoms with van der Waals surface area (Å²) in [6.45, 7) is 16.1. The average Bonchev–Trinajstić information content (AvgIpc) is 2.32. The Bertz CT molecular complexity index is 3740. The number of halogens is 2. The Morgan fingerprint density at radius 2 is 1.07 bits per heavy atom. The summed E-state index contributed by atoms with van der Waals surface area (Å²) in [4.78, 5) is 44.0. The number of hydrogen-bond donors (Lipinski definition) is 2. The molecule has 16 heteroatoms. The summed E-state index contributed by atoms with van der Waals surface area (Å²) >= 11 is 13.3. The summed E-state index contributed by atoms with van der Waals surface area (Å²) in [5, 5.41) is 11.8. The molecule has 4 aromatic heterocycles. The maximum Gasteiger partial charge on any atom is 0.252 e. The van der Waals surface area contributed by atoms with Gasteiger partial charge in [-0.05, 0) is 143 Å². The van der Waals surface area contributed by atoms with Crippen LogP contribution in [0.5, 0.6) is 11.8 Å². The van der Waals surface area contributed by atoms with Gasteiger partial charge in [-0.3, -0.25) is 24.3 Å². The number of carbonyl (C=O) groups is 2. The normalized spacial score (nSPS) is 14.9. The fourth-order valence-electron chi connectivity index (χ4n) is 12.2. The Hall–Kier alpha value is -7.04. The van der Waals surface area contributed by atoms with Crippen LogP contribution >= 0.6 is 23.2 Å². The number of para-hydroxylation sites is 1. The summed E-state index contributed by atoms with van der Waals surface area (Å²) < 4.78 is 17.6. The van der Waals surface area contributed by atoms with Crippen molar-refractivity contribution in [1.82, 2.24) is 49.3 Å². The monoisotopic (exact) mass is 1170 g/mol. The Morgan fingerprint density at radius 1 is 0.571 bits per heavy atom. The molecule has 0 spiro atoms. The maximum atomic E-state index is 13.0. The summed E-state index contributed by atoms with van der Waals surface area (Å²) in [6, 6.07) is 43.7. The molecule has 0 unspecified atom stereocenters. The zero-order valence-corrected chi connectivity index (χ0v) is 50.5. The number of likely N-dealkylation sites (tertiary alicyclic amines) is 2. The second-order valence-corrected chi connectivity index (χ2v) is 23.8. The number of aromatic nitrogens is 4. The molecular formula is C68H78Cl2N10O4. The molecule has 14 nitrogen and oxygen atoms in total. The van der Waals surface area contributed by atoms with Crippen LogP contribution < -0.4 is 20.1 Å². The van der Waals surface area contributed by atoms with Crippen LogP contribution in [0, 0.1) is 0 Å². The molecule has 84 heavy (non-hydrogen) atoms. The van der Waals surface area contributed by atoms with Crippen LogP contribution in [0.4, 0.5) is 0 Å². The van der Waals surface area contributed by atoms with Crippen LogP contribution in [-0.4, -0.2) is 136 Å². The highest BCUT2D eigenvalue weighted by atomic mass is 35.5. The standard InChI is InChI=1S/C68H78Cl2N10O4/c1-5-76(44-48-13-8-7-9-14-48)30-12-28-71-65(81)51-40-59(69)67(73-42-51)83-53-24-31-77(32-25-53)45-49-19-22-64-56(38-49)55-15-10-11-16-61(55)80(64)35-23-47-17-20-62-57(37-47)58-39-50(18-21-63(58)79(62)6-2)46-78-33-26-54(27-34-78)84-68-60(70)41-52(43-74-68)66(82)72-29-36-75(3)4/h7-11,13-22,37-43,53-54H,5-6,12,23-36,44-46H2,1-4H3,(H,71,81)(H,72,82). The number of aryl methyl sites for hydroxylation is 3. The fraction of sp³-hybridized carbons (Fsp3) is 0.382. The number of nitrogens with one attached hydrogen (secondary N) is 2. The maximum absolute atomic E-state index is 13.0.